The molecule has 0 unspecified atom stereocenters. The van der Waals surface area contributed by atoms with Gasteiger partial charge in [0.1, 0.15) is 23.7 Å². The van der Waals surface area contributed by atoms with Gasteiger partial charge < -0.3 is 15.0 Å². The second-order valence-corrected chi connectivity index (χ2v) is 8.17. The molecule has 2 aromatic heterocycles. The summed E-state index contributed by atoms with van der Waals surface area (Å²) in [4.78, 5) is 50.3. The number of carboxylic acids is 1. The van der Waals surface area contributed by atoms with Gasteiger partial charge in [-0.2, -0.15) is 0 Å². The van der Waals surface area contributed by atoms with Crippen molar-refractivity contribution >= 4 is 22.8 Å². The number of aromatic nitrogens is 3. The van der Waals surface area contributed by atoms with Crippen molar-refractivity contribution in [1.29, 1.82) is 0 Å². The quantitative estimate of drug-likeness (QED) is 0.435. The molecular formula is C26H24F2N4O5. The van der Waals surface area contributed by atoms with Crippen molar-refractivity contribution in [2.24, 2.45) is 14.1 Å². The first-order chi connectivity index (χ1) is 17.5. The van der Waals surface area contributed by atoms with Crippen LogP contribution in [-0.2, 0) is 18.9 Å². The van der Waals surface area contributed by atoms with E-state index in [2.05, 4.69) is 4.98 Å². The zero-order valence-electron chi connectivity index (χ0n) is 20.5. The summed E-state index contributed by atoms with van der Waals surface area (Å²) in [5, 5.41) is 11.0. The number of nitrogens with zero attached hydrogens (tertiary/aromatic N) is 3. The lowest BCUT2D eigenvalue weighted by Gasteiger charge is -2.14. The van der Waals surface area contributed by atoms with Gasteiger partial charge in [-0.05, 0) is 43.2 Å². The summed E-state index contributed by atoms with van der Waals surface area (Å²) in [5.41, 5.74) is 2.55. The number of amides is 1. The number of hydrogen-bond acceptors (Lipinski definition) is 5. The lowest BCUT2D eigenvalue weighted by Crippen LogP contribution is -2.39. The molecule has 0 fully saturated rings. The fraction of sp³-hybridized carbons (Fsp3) is 0.192. The molecule has 0 bridgehead atoms. The van der Waals surface area contributed by atoms with E-state index in [0.717, 1.165) is 44.8 Å². The highest BCUT2D eigenvalue weighted by atomic mass is 19.1. The number of benzene rings is 2. The molecule has 0 saturated carbocycles. The average molecular weight is 510 g/mol. The molecule has 0 spiro atoms. The van der Waals surface area contributed by atoms with Gasteiger partial charge in [0.25, 0.3) is 11.5 Å². The minimum atomic E-state index is -1.29. The zero-order chi connectivity index (χ0) is 27.4. The monoisotopic (exact) mass is 510 g/mol. The predicted molar refractivity (Wildman–Crippen MR) is 133 cm³/mol. The van der Waals surface area contributed by atoms with E-state index >= 15 is 0 Å². The van der Waals surface area contributed by atoms with Crippen molar-refractivity contribution in [2.45, 2.75) is 13.8 Å². The smallest absolute Gasteiger partial charge is 0.330 e. The highest BCUT2D eigenvalue weighted by Crippen LogP contribution is 2.28. The molecule has 1 amide bonds. The third kappa shape index (κ3) is 5.45. The number of carbonyl (C=O) groups is 2. The fourth-order valence-corrected chi connectivity index (χ4v) is 3.75. The minimum absolute atomic E-state index is 0.283. The molecule has 0 atom stereocenters. The Hall–Kier alpha value is -4.67. The van der Waals surface area contributed by atoms with Gasteiger partial charge in [0.15, 0.2) is 0 Å². The summed E-state index contributed by atoms with van der Waals surface area (Å²) in [6.45, 7) is 3.09. The number of halogens is 2. The van der Waals surface area contributed by atoms with Crippen LogP contribution in [0.3, 0.4) is 0 Å². The topological polar surface area (TPSA) is 123 Å². The number of aliphatic carboxylic acids is 1. The summed E-state index contributed by atoms with van der Waals surface area (Å²) in [6.07, 6.45) is 1.74. The highest BCUT2D eigenvalue weighted by Gasteiger charge is 2.18. The molecule has 9 nitrogen and oxygen atoms in total. The first-order valence-corrected chi connectivity index (χ1v) is 11.0. The Kier molecular flexibility index (Phi) is 7.96. The molecule has 0 aliphatic rings. The number of carboxylic acid groups (broad SMARTS) is 1. The van der Waals surface area contributed by atoms with E-state index in [0.29, 0.717) is 11.3 Å². The van der Waals surface area contributed by atoms with E-state index in [1.165, 1.54) is 11.6 Å². The van der Waals surface area contributed by atoms with Crippen LogP contribution in [0, 0.1) is 25.5 Å². The van der Waals surface area contributed by atoms with Crippen molar-refractivity contribution in [3.05, 3.63) is 98.0 Å². The van der Waals surface area contributed by atoms with E-state index in [1.807, 2.05) is 36.5 Å². The van der Waals surface area contributed by atoms with Gasteiger partial charge in [0, 0.05) is 31.4 Å². The number of pyridine rings is 1. The van der Waals surface area contributed by atoms with Gasteiger partial charge in [-0.1, -0.05) is 24.3 Å². The van der Waals surface area contributed by atoms with Crippen LogP contribution in [0.4, 0.5) is 8.78 Å². The summed E-state index contributed by atoms with van der Waals surface area (Å²) >= 11 is 0. The Morgan fingerprint density at radius 3 is 2.24 bits per heavy atom. The fourth-order valence-electron chi connectivity index (χ4n) is 3.75. The summed E-state index contributed by atoms with van der Waals surface area (Å²) in [6, 6.07) is 10.6. The standard InChI is InChI=1S/C17H17N3O2.C9H7F2NO3/c1-10-7-8-12(13-6-5-9-18-15(10)13)14-11(2)19(3)17(22)20(4)16(14)21;10-5-2-1-3-6(11)8(5)9(15)12-4-7(13)14/h5-9H,1-4H3;1-3H,4H2,(H,12,15)(H,13,14). The van der Waals surface area contributed by atoms with Gasteiger partial charge in [-0.3, -0.25) is 23.9 Å². The molecule has 2 aromatic carbocycles. The maximum atomic E-state index is 13.0. The highest BCUT2D eigenvalue weighted by molar-refractivity contribution is 5.97. The molecule has 0 radical (unpaired) electrons. The first-order valence-electron chi connectivity index (χ1n) is 11.0. The van der Waals surface area contributed by atoms with Crippen LogP contribution in [-0.4, -0.2) is 37.6 Å². The first kappa shape index (κ1) is 26.9. The molecule has 37 heavy (non-hydrogen) atoms. The van der Waals surface area contributed by atoms with Crippen molar-refractivity contribution in [2.75, 3.05) is 6.54 Å². The van der Waals surface area contributed by atoms with Crippen molar-refractivity contribution in [3.8, 4) is 11.1 Å². The maximum Gasteiger partial charge on any atom is 0.330 e. The van der Waals surface area contributed by atoms with Gasteiger partial charge in [-0.25, -0.2) is 13.6 Å². The zero-order valence-corrected chi connectivity index (χ0v) is 20.5. The molecular weight excluding hydrogens is 486 g/mol. The minimum Gasteiger partial charge on any atom is -0.480 e. The maximum absolute atomic E-state index is 13.0. The van der Waals surface area contributed by atoms with Gasteiger partial charge >= 0.3 is 11.7 Å². The summed E-state index contributed by atoms with van der Waals surface area (Å²) in [5.74, 6) is -4.44. The van der Waals surface area contributed by atoms with Crippen LogP contribution in [0.1, 0.15) is 21.6 Å². The Morgan fingerprint density at radius 1 is 0.973 bits per heavy atom. The van der Waals surface area contributed by atoms with Gasteiger partial charge in [0.2, 0.25) is 0 Å². The van der Waals surface area contributed by atoms with Crippen LogP contribution in [0.2, 0.25) is 0 Å². The van der Waals surface area contributed by atoms with E-state index in [9.17, 15) is 28.0 Å². The second-order valence-electron chi connectivity index (χ2n) is 8.17. The van der Waals surface area contributed by atoms with E-state index in [-0.39, 0.29) is 11.2 Å². The van der Waals surface area contributed by atoms with Crippen molar-refractivity contribution in [1.82, 2.24) is 19.4 Å². The molecule has 2 N–H and O–H groups in total. The van der Waals surface area contributed by atoms with E-state index < -0.39 is 35.6 Å². The lowest BCUT2D eigenvalue weighted by molar-refractivity contribution is -0.135. The Balaban J connectivity index is 0.000000222. The molecule has 0 aliphatic carbocycles. The van der Waals surface area contributed by atoms with Crippen LogP contribution in [0.5, 0.6) is 0 Å². The lowest BCUT2D eigenvalue weighted by atomic mass is 9.98. The number of carbonyl (C=O) groups excluding carboxylic acids is 1. The number of hydrogen-bond donors (Lipinski definition) is 2. The van der Waals surface area contributed by atoms with Crippen molar-refractivity contribution < 1.29 is 23.5 Å². The molecule has 2 heterocycles. The summed E-state index contributed by atoms with van der Waals surface area (Å²) < 4.78 is 28.6. The molecule has 192 valence electrons. The van der Waals surface area contributed by atoms with Crippen LogP contribution in [0.15, 0.2) is 58.3 Å². The van der Waals surface area contributed by atoms with Crippen LogP contribution < -0.4 is 16.6 Å². The average Bonchev–Trinajstić information content (AvgIpc) is 2.87. The molecule has 0 aliphatic heterocycles. The largest absolute Gasteiger partial charge is 0.480 e. The number of nitrogens with one attached hydrogen (secondary N) is 1. The molecule has 4 rings (SSSR count). The number of aryl methyl sites for hydroxylation is 1. The molecule has 0 saturated heterocycles. The number of rotatable bonds is 4. The van der Waals surface area contributed by atoms with Gasteiger partial charge in [-0.15, -0.1) is 0 Å². The second kappa shape index (κ2) is 10.9. The van der Waals surface area contributed by atoms with Crippen LogP contribution in [0.25, 0.3) is 22.0 Å². The van der Waals surface area contributed by atoms with E-state index in [1.54, 1.807) is 20.2 Å². The molecule has 4 aromatic rings. The Bertz CT molecular complexity index is 1620. The summed E-state index contributed by atoms with van der Waals surface area (Å²) in [7, 11) is 3.18. The van der Waals surface area contributed by atoms with Crippen molar-refractivity contribution in [3.63, 3.8) is 0 Å². The third-order valence-corrected chi connectivity index (χ3v) is 5.79. The molecule has 11 heteroatoms. The third-order valence-electron chi connectivity index (χ3n) is 5.79. The Labute approximate surface area is 209 Å². The number of fused-ring (bicyclic) bond motifs is 1. The predicted octanol–water partition coefficient (Wildman–Crippen LogP) is 2.70. The van der Waals surface area contributed by atoms with E-state index in [4.69, 9.17) is 5.11 Å². The SMILES string of the molecule is Cc1ccc(-c2c(C)n(C)c(=O)n(C)c2=O)c2cccnc12.O=C(O)CNC(=O)c1c(F)cccc1F. The van der Waals surface area contributed by atoms with Crippen LogP contribution >= 0.6 is 0 Å². The van der Waals surface area contributed by atoms with Gasteiger partial charge in [0.05, 0.1) is 11.1 Å². The normalized spacial score (nSPS) is 10.5. The Morgan fingerprint density at radius 2 is 1.62 bits per heavy atom.